The van der Waals surface area contributed by atoms with E-state index in [2.05, 4.69) is 39.0 Å². The van der Waals surface area contributed by atoms with Crippen LogP contribution in [0.1, 0.15) is 56.6 Å². The lowest BCUT2D eigenvalue weighted by Gasteiger charge is -2.32. The molecule has 0 bridgehead atoms. The van der Waals surface area contributed by atoms with Crippen LogP contribution in [0.2, 0.25) is 0 Å². The smallest absolute Gasteiger partial charge is 0.123 e. The summed E-state index contributed by atoms with van der Waals surface area (Å²) >= 11 is 0. The minimum Gasteiger partial charge on any atom is -0.490 e. The van der Waals surface area contributed by atoms with E-state index in [4.69, 9.17) is 10.5 Å². The van der Waals surface area contributed by atoms with Gasteiger partial charge in [0.05, 0.1) is 0 Å². The molecule has 0 aliphatic heterocycles. The highest BCUT2D eigenvalue weighted by Gasteiger charge is 2.26. The maximum absolute atomic E-state index is 6.35. The van der Waals surface area contributed by atoms with Gasteiger partial charge < -0.3 is 10.5 Å². The number of aryl methyl sites for hydroxylation is 1. The third kappa shape index (κ3) is 3.50. The van der Waals surface area contributed by atoms with Gasteiger partial charge in [0, 0.05) is 5.92 Å². The number of benzene rings is 1. The highest BCUT2D eigenvalue weighted by molar-refractivity contribution is 5.39. The molecule has 2 nitrogen and oxygen atoms in total. The summed E-state index contributed by atoms with van der Waals surface area (Å²) in [5, 5.41) is 0. The monoisotopic (exact) mass is 261 g/mol. The number of nitrogens with two attached hydrogens (primary N) is 1. The zero-order valence-corrected chi connectivity index (χ0v) is 12.5. The number of hydrogen-bond acceptors (Lipinski definition) is 2. The molecule has 0 aromatic heterocycles. The maximum atomic E-state index is 6.35. The Kier molecular flexibility index (Phi) is 4.87. The molecule has 0 saturated heterocycles. The second-order valence-electron chi connectivity index (χ2n) is 6.13. The van der Waals surface area contributed by atoms with Crippen LogP contribution in [0.5, 0.6) is 5.75 Å². The van der Waals surface area contributed by atoms with Gasteiger partial charge in [-0.15, -0.1) is 0 Å². The zero-order valence-electron chi connectivity index (χ0n) is 12.5. The lowest BCUT2D eigenvalue weighted by molar-refractivity contribution is 0.0957. The van der Waals surface area contributed by atoms with E-state index in [1.807, 2.05) is 0 Å². The molecule has 2 unspecified atom stereocenters. The highest BCUT2D eigenvalue weighted by Crippen LogP contribution is 2.33. The van der Waals surface area contributed by atoms with Crippen molar-refractivity contribution in [1.29, 1.82) is 0 Å². The highest BCUT2D eigenvalue weighted by atomic mass is 16.5. The standard InChI is InChI=1S/C17H27NO/c1-12(2)15-9-8-13(3)10-17(15)19-16-7-5-4-6-14(16)11-18/h8-10,12,14,16H,4-7,11,18H2,1-3H3. The molecule has 0 spiro atoms. The fraction of sp³-hybridized carbons (Fsp3) is 0.647. The van der Waals surface area contributed by atoms with Crippen molar-refractivity contribution < 1.29 is 4.74 Å². The van der Waals surface area contributed by atoms with Gasteiger partial charge in [-0.3, -0.25) is 0 Å². The molecule has 1 fully saturated rings. The molecular formula is C17H27NO. The first-order valence-electron chi connectivity index (χ1n) is 7.59. The van der Waals surface area contributed by atoms with Crippen molar-refractivity contribution in [2.24, 2.45) is 11.7 Å². The molecule has 1 saturated carbocycles. The van der Waals surface area contributed by atoms with Gasteiger partial charge in [-0.25, -0.2) is 0 Å². The summed E-state index contributed by atoms with van der Waals surface area (Å²) in [5.74, 6) is 2.09. The van der Waals surface area contributed by atoms with Crippen LogP contribution in [0.15, 0.2) is 18.2 Å². The Bertz CT molecular complexity index is 414. The van der Waals surface area contributed by atoms with Crippen molar-refractivity contribution in [1.82, 2.24) is 0 Å². The van der Waals surface area contributed by atoms with Crippen molar-refractivity contribution in [3.05, 3.63) is 29.3 Å². The van der Waals surface area contributed by atoms with Gasteiger partial charge >= 0.3 is 0 Å². The molecule has 2 atom stereocenters. The van der Waals surface area contributed by atoms with Crippen LogP contribution in [0.4, 0.5) is 0 Å². The minimum absolute atomic E-state index is 0.304. The van der Waals surface area contributed by atoms with Crippen molar-refractivity contribution in [2.75, 3.05) is 6.54 Å². The molecule has 1 aliphatic rings. The van der Waals surface area contributed by atoms with Gasteiger partial charge in [0.1, 0.15) is 11.9 Å². The summed E-state index contributed by atoms with van der Waals surface area (Å²) in [6.45, 7) is 7.31. The van der Waals surface area contributed by atoms with Crippen LogP contribution in [0.25, 0.3) is 0 Å². The van der Waals surface area contributed by atoms with E-state index in [9.17, 15) is 0 Å². The van der Waals surface area contributed by atoms with E-state index < -0.39 is 0 Å². The predicted octanol–water partition coefficient (Wildman–Crippen LogP) is 4.01. The summed E-state index contributed by atoms with van der Waals surface area (Å²) in [6.07, 6.45) is 5.23. The third-order valence-electron chi connectivity index (χ3n) is 4.21. The van der Waals surface area contributed by atoms with Gasteiger partial charge in [-0.05, 0) is 55.8 Å². The van der Waals surface area contributed by atoms with E-state index in [1.165, 1.54) is 30.4 Å². The molecule has 0 radical (unpaired) electrons. The topological polar surface area (TPSA) is 35.2 Å². The predicted molar refractivity (Wildman–Crippen MR) is 80.7 cm³/mol. The van der Waals surface area contributed by atoms with E-state index in [0.717, 1.165) is 18.7 Å². The van der Waals surface area contributed by atoms with Crippen LogP contribution in [-0.4, -0.2) is 12.6 Å². The average molecular weight is 261 g/mol. The van der Waals surface area contributed by atoms with Gasteiger partial charge in [0.25, 0.3) is 0 Å². The van der Waals surface area contributed by atoms with Crippen molar-refractivity contribution >= 4 is 0 Å². The second-order valence-corrected chi connectivity index (χ2v) is 6.13. The SMILES string of the molecule is Cc1ccc(C(C)C)c(OC2CCCCC2CN)c1. The van der Waals surface area contributed by atoms with E-state index in [-0.39, 0.29) is 0 Å². The van der Waals surface area contributed by atoms with Gasteiger partial charge in [0.15, 0.2) is 0 Å². The number of ether oxygens (including phenoxy) is 1. The fourth-order valence-electron chi connectivity index (χ4n) is 2.98. The quantitative estimate of drug-likeness (QED) is 0.888. The van der Waals surface area contributed by atoms with Crippen LogP contribution in [-0.2, 0) is 0 Å². The maximum Gasteiger partial charge on any atom is 0.123 e. The number of hydrogen-bond donors (Lipinski definition) is 1. The lowest BCUT2D eigenvalue weighted by Crippen LogP contribution is -2.35. The zero-order chi connectivity index (χ0) is 13.8. The second kappa shape index (κ2) is 6.42. The van der Waals surface area contributed by atoms with Crippen LogP contribution >= 0.6 is 0 Å². The summed E-state index contributed by atoms with van der Waals surface area (Å²) in [7, 11) is 0. The lowest BCUT2D eigenvalue weighted by atomic mass is 9.86. The molecule has 1 aliphatic carbocycles. The molecular weight excluding hydrogens is 234 g/mol. The Balaban J connectivity index is 2.19. The van der Waals surface area contributed by atoms with Crippen LogP contribution < -0.4 is 10.5 Å². The normalized spacial score (nSPS) is 23.6. The Morgan fingerprint density at radius 1 is 1.26 bits per heavy atom. The van der Waals surface area contributed by atoms with Gasteiger partial charge in [-0.1, -0.05) is 32.4 Å². The first-order chi connectivity index (χ1) is 9.11. The number of rotatable bonds is 4. The summed E-state index contributed by atoms with van der Waals surface area (Å²) < 4.78 is 6.35. The van der Waals surface area contributed by atoms with Gasteiger partial charge in [-0.2, -0.15) is 0 Å². The van der Waals surface area contributed by atoms with E-state index in [0.29, 0.717) is 17.9 Å². The Morgan fingerprint density at radius 2 is 2.00 bits per heavy atom. The molecule has 106 valence electrons. The molecule has 1 aromatic carbocycles. The Labute approximate surface area is 117 Å². The first-order valence-corrected chi connectivity index (χ1v) is 7.59. The van der Waals surface area contributed by atoms with Crippen LogP contribution in [0.3, 0.4) is 0 Å². The van der Waals surface area contributed by atoms with Crippen LogP contribution in [0, 0.1) is 12.8 Å². The largest absolute Gasteiger partial charge is 0.490 e. The van der Waals surface area contributed by atoms with E-state index >= 15 is 0 Å². The van der Waals surface area contributed by atoms with E-state index in [1.54, 1.807) is 0 Å². The molecule has 0 amide bonds. The molecule has 1 aromatic rings. The van der Waals surface area contributed by atoms with Gasteiger partial charge in [0.2, 0.25) is 0 Å². The average Bonchev–Trinajstić information content (AvgIpc) is 2.39. The molecule has 2 rings (SSSR count). The van der Waals surface area contributed by atoms with Crippen molar-refractivity contribution in [3.8, 4) is 5.75 Å². The Morgan fingerprint density at radius 3 is 2.68 bits per heavy atom. The molecule has 0 heterocycles. The third-order valence-corrected chi connectivity index (χ3v) is 4.21. The fourth-order valence-corrected chi connectivity index (χ4v) is 2.98. The molecule has 2 heteroatoms. The summed E-state index contributed by atoms with van der Waals surface area (Å²) in [5.41, 5.74) is 8.47. The summed E-state index contributed by atoms with van der Waals surface area (Å²) in [4.78, 5) is 0. The van der Waals surface area contributed by atoms with Crippen molar-refractivity contribution in [2.45, 2.75) is 58.5 Å². The molecule has 19 heavy (non-hydrogen) atoms. The minimum atomic E-state index is 0.304. The summed E-state index contributed by atoms with van der Waals surface area (Å²) in [6, 6.07) is 6.55. The molecule has 2 N–H and O–H groups in total. The van der Waals surface area contributed by atoms with Crippen molar-refractivity contribution in [3.63, 3.8) is 0 Å². The Hall–Kier alpha value is -1.02. The first kappa shape index (κ1) is 14.4.